The van der Waals surface area contributed by atoms with Crippen LogP contribution in [0.25, 0.3) is 22.3 Å². The SMILES string of the molecule is C[C@@]1(F)COCc2ccc(C(=O)NCc3cc4nc(-c5ccc(=O)n(CC(F)F)n5)ccc4cn3)cc21. The van der Waals surface area contributed by atoms with Gasteiger partial charge >= 0.3 is 0 Å². The Balaban J connectivity index is 1.35. The van der Waals surface area contributed by atoms with E-state index in [-0.39, 0.29) is 24.8 Å². The molecular formula is C26H22F3N5O3. The highest BCUT2D eigenvalue weighted by molar-refractivity contribution is 5.94. The van der Waals surface area contributed by atoms with Crippen LogP contribution in [0.2, 0.25) is 0 Å². The smallest absolute Gasteiger partial charge is 0.266 e. The van der Waals surface area contributed by atoms with Crippen LogP contribution < -0.4 is 10.9 Å². The number of amides is 1. The second kappa shape index (κ2) is 9.74. The number of aromatic nitrogens is 4. The van der Waals surface area contributed by atoms with Gasteiger partial charge in [-0.1, -0.05) is 6.07 Å². The Morgan fingerprint density at radius 3 is 2.78 bits per heavy atom. The van der Waals surface area contributed by atoms with Crippen LogP contribution >= 0.6 is 0 Å². The van der Waals surface area contributed by atoms with Gasteiger partial charge in [-0.3, -0.25) is 14.6 Å². The van der Waals surface area contributed by atoms with Crippen LogP contribution in [0.3, 0.4) is 0 Å². The molecule has 37 heavy (non-hydrogen) atoms. The van der Waals surface area contributed by atoms with Crippen molar-refractivity contribution in [1.29, 1.82) is 0 Å². The molecule has 190 valence electrons. The minimum absolute atomic E-state index is 0.0656. The Morgan fingerprint density at radius 1 is 1.16 bits per heavy atom. The van der Waals surface area contributed by atoms with Crippen LogP contribution in [0, 0.1) is 0 Å². The summed E-state index contributed by atoms with van der Waals surface area (Å²) in [6.45, 7) is 0.955. The number of halogens is 3. The molecule has 0 aliphatic carbocycles. The molecule has 1 amide bonds. The summed E-state index contributed by atoms with van der Waals surface area (Å²) in [4.78, 5) is 33.4. The molecule has 11 heteroatoms. The number of rotatable bonds is 6. The van der Waals surface area contributed by atoms with Gasteiger partial charge in [0, 0.05) is 23.2 Å². The summed E-state index contributed by atoms with van der Waals surface area (Å²) in [5.74, 6) is -0.376. The molecule has 1 aromatic carbocycles. The quantitative estimate of drug-likeness (QED) is 0.425. The van der Waals surface area contributed by atoms with Crippen molar-refractivity contribution < 1.29 is 22.7 Å². The first-order chi connectivity index (χ1) is 17.7. The molecule has 3 aromatic heterocycles. The number of carbonyl (C=O) groups is 1. The summed E-state index contributed by atoms with van der Waals surface area (Å²) in [6.07, 6.45) is -1.11. The molecule has 5 rings (SSSR count). The highest BCUT2D eigenvalue weighted by Crippen LogP contribution is 2.34. The van der Waals surface area contributed by atoms with Crippen LogP contribution in [0.1, 0.15) is 34.1 Å². The lowest BCUT2D eigenvalue weighted by molar-refractivity contribution is -0.00467. The molecule has 0 fully saturated rings. The third-order valence-electron chi connectivity index (χ3n) is 6.06. The molecule has 1 atom stereocenters. The van der Waals surface area contributed by atoms with Gasteiger partial charge in [0.15, 0.2) is 5.67 Å². The summed E-state index contributed by atoms with van der Waals surface area (Å²) in [7, 11) is 0. The minimum Gasteiger partial charge on any atom is -0.373 e. The molecule has 0 unspecified atom stereocenters. The predicted octanol–water partition coefficient (Wildman–Crippen LogP) is 3.76. The molecule has 1 aliphatic heterocycles. The van der Waals surface area contributed by atoms with Crippen molar-refractivity contribution in [2.24, 2.45) is 0 Å². The maximum absolute atomic E-state index is 14.8. The number of hydrogen-bond donors (Lipinski definition) is 1. The van der Waals surface area contributed by atoms with Gasteiger partial charge in [0.05, 0.1) is 36.7 Å². The van der Waals surface area contributed by atoms with Crippen LogP contribution in [-0.4, -0.2) is 38.7 Å². The fraction of sp³-hybridized carbons (Fsp3) is 0.269. The number of ether oxygens (including phenoxy) is 1. The fourth-order valence-corrected chi connectivity index (χ4v) is 4.18. The first kappa shape index (κ1) is 24.6. The summed E-state index contributed by atoms with van der Waals surface area (Å²) in [5.41, 5.74) is 0.927. The Kier molecular flexibility index (Phi) is 6.46. The van der Waals surface area contributed by atoms with Crippen molar-refractivity contribution >= 4 is 16.8 Å². The summed E-state index contributed by atoms with van der Waals surface area (Å²) in [5, 5.41) is 7.51. The molecule has 0 spiro atoms. The van der Waals surface area contributed by atoms with Crippen molar-refractivity contribution in [3.05, 3.63) is 87.5 Å². The zero-order valence-electron chi connectivity index (χ0n) is 19.7. The number of pyridine rings is 2. The molecule has 4 heterocycles. The third kappa shape index (κ3) is 5.21. The van der Waals surface area contributed by atoms with Crippen LogP contribution in [0.15, 0.2) is 59.5 Å². The number of alkyl halides is 3. The number of nitrogens with one attached hydrogen (secondary N) is 1. The van der Waals surface area contributed by atoms with E-state index in [2.05, 4.69) is 20.4 Å². The first-order valence-corrected chi connectivity index (χ1v) is 11.5. The summed E-state index contributed by atoms with van der Waals surface area (Å²) in [6, 6.07) is 12.6. The largest absolute Gasteiger partial charge is 0.373 e. The van der Waals surface area contributed by atoms with Gasteiger partial charge in [0.1, 0.15) is 12.2 Å². The number of benzene rings is 1. The molecule has 0 radical (unpaired) electrons. The van der Waals surface area contributed by atoms with E-state index in [0.29, 0.717) is 44.9 Å². The lowest BCUT2D eigenvalue weighted by atomic mass is 9.90. The topological polar surface area (TPSA) is 99.0 Å². The molecule has 1 aliphatic rings. The number of nitrogens with zero attached hydrogens (tertiary/aromatic N) is 4. The van der Waals surface area contributed by atoms with Crippen molar-refractivity contribution in [3.63, 3.8) is 0 Å². The number of carbonyl (C=O) groups excluding carboxylic acids is 1. The average molecular weight is 509 g/mol. The van der Waals surface area contributed by atoms with E-state index in [1.165, 1.54) is 19.1 Å². The first-order valence-electron chi connectivity index (χ1n) is 11.5. The van der Waals surface area contributed by atoms with Gasteiger partial charge in [0.2, 0.25) is 0 Å². The van der Waals surface area contributed by atoms with E-state index in [0.717, 1.165) is 5.39 Å². The Hall–Kier alpha value is -4.12. The van der Waals surface area contributed by atoms with E-state index in [1.54, 1.807) is 42.6 Å². The molecule has 8 nitrogen and oxygen atoms in total. The third-order valence-corrected chi connectivity index (χ3v) is 6.06. The highest BCUT2D eigenvalue weighted by Gasteiger charge is 2.33. The van der Waals surface area contributed by atoms with Gasteiger partial charge in [-0.25, -0.2) is 22.8 Å². The normalized spacial score (nSPS) is 17.1. The number of fused-ring (bicyclic) bond motifs is 2. The maximum atomic E-state index is 14.8. The fourth-order valence-electron chi connectivity index (χ4n) is 4.18. The van der Waals surface area contributed by atoms with Crippen molar-refractivity contribution in [1.82, 2.24) is 25.1 Å². The van der Waals surface area contributed by atoms with Crippen molar-refractivity contribution in [3.8, 4) is 11.4 Å². The summed E-state index contributed by atoms with van der Waals surface area (Å²) >= 11 is 0. The zero-order chi connectivity index (χ0) is 26.2. The molecule has 0 saturated heterocycles. The van der Waals surface area contributed by atoms with Gasteiger partial charge in [-0.05, 0) is 54.4 Å². The van der Waals surface area contributed by atoms with E-state index in [9.17, 15) is 22.8 Å². The Morgan fingerprint density at radius 2 is 1.97 bits per heavy atom. The van der Waals surface area contributed by atoms with E-state index < -0.39 is 24.2 Å². The van der Waals surface area contributed by atoms with Gasteiger partial charge in [-0.15, -0.1) is 0 Å². The monoisotopic (exact) mass is 509 g/mol. The van der Waals surface area contributed by atoms with E-state index in [1.807, 2.05) is 0 Å². The average Bonchev–Trinajstić information content (AvgIpc) is 2.87. The standard InChI is InChI=1S/C26H22F3N5O3/c1-26(29)14-37-13-17-3-2-15(8-19(17)26)25(36)31-11-18-9-22-16(10-30-18)4-5-20(32-22)21-6-7-24(35)34(33-21)12-23(27)28/h2-10,23H,11-14H2,1H3,(H,31,36)/t26-/m1/s1. The molecular weight excluding hydrogens is 487 g/mol. The van der Waals surface area contributed by atoms with Gasteiger partial charge in [0.25, 0.3) is 17.9 Å². The van der Waals surface area contributed by atoms with E-state index in [4.69, 9.17) is 4.74 Å². The summed E-state index contributed by atoms with van der Waals surface area (Å²) < 4.78 is 46.3. The molecule has 0 saturated carbocycles. The van der Waals surface area contributed by atoms with Crippen molar-refractivity contribution in [2.75, 3.05) is 6.61 Å². The van der Waals surface area contributed by atoms with Gasteiger partial charge < -0.3 is 10.1 Å². The second-order valence-corrected chi connectivity index (χ2v) is 8.94. The molecule has 1 N–H and O–H groups in total. The Bertz CT molecular complexity index is 1550. The zero-order valence-corrected chi connectivity index (χ0v) is 19.7. The maximum Gasteiger partial charge on any atom is 0.266 e. The minimum atomic E-state index is -2.72. The molecule has 4 aromatic rings. The highest BCUT2D eigenvalue weighted by atomic mass is 19.3. The Labute approximate surface area is 209 Å². The second-order valence-electron chi connectivity index (χ2n) is 8.94. The van der Waals surface area contributed by atoms with E-state index >= 15 is 0 Å². The van der Waals surface area contributed by atoms with Crippen molar-refractivity contribution in [2.45, 2.75) is 38.7 Å². The van der Waals surface area contributed by atoms with Crippen LogP contribution in [0.5, 0.6) is 0 Å². The lowest BCUT2D eigenvalue weighted by Gasteiger charge is -2.29. The number of hydrogen-bond acceptors (Lipinski definition) is 6. The van der Waals surface area contributed by atoms with Gasteiger partial charge in [-0.2, -0.15) is 5.10 Å². The van der Waals surface area contributed by atoms with Crippen LogP contribution in [-0.2, 0) is 30.1 Å². The molecule has 0 bridgehead atoms. The van der Waals surface area contributed by atoms with Crippen LogP contribution in [0.4, 0.5) is 13.2 Å². The predicted molar refractivity (Wildman–Crippen MR) is 129 cm³/mol. The lowest BCUT2D eigenvalue weighted by Crippen LogP contribution is -2.30.